The molecule has 0 radical (unpaired) electrons. The maximum Gasteiger partial charge on any atom is 0.251 e. The highest BCUT2D eigenvalue weighted by molar-refractivity contribution is 7.98. The number of nitrogens with one attached hydrogen (secondary N) is 1. The number of hydrogen-bond acceptors (Lipinski definition) is 3. The van der Waals surface area contributed by atoms with Gasteiger partial charge in [0.1, 0.15) is 0 Å². The Morgan fingerprint density at radius 2 is 1.90 bits per heavy atom. The number of amides is 1. The molecule has 3 nitrogen and oxygen atoms in total. The summed E-state index contributed by atoms with van der Waals surface area (Å²) in [6, 6.07) is 13.5. The number of hydrogen-bond donors (Lipinski definition) is 1. The van der Waals surface area contributed by atoms with Crippen molar-refractivity contribution in [2.45, 2.75) is 32.1 Å². The summed E-state index contributed by atoms with van der Waals surface area (Å²) in [6.45, 7) is 6.23. The van der Waals surface area contributed by atoms with Gasteiger partial charge in [-0.2, -0.15) is 11.8 Å². The number of benzene rings is 2. The molecule has 0 aromatic heterocycles. The van der Waals surface area contributed by atoms with Crippen molar-refractivity contribution in [3.8, 4) is 0 Å². The molecule has 156 valence electrons. The van der Waals surface area contributed by atoms with E-state index in [1.165, 1.54) is 31.5 Å². The number of thioether (sulfide) groups is 1. The SMILES string of the molecule is C[C@H]1CCCN(Cc2ccc(C(=O)NCCSCc3c(Cl)cccc3Cl)cc2)C1. The number of carbonyl (C=O) groups excluding carboxylic acids is 1. The van der Waals surface area contributed by atoms with Gasteiger partial charge >= 0.3 is 0 Å². The largest absolute Gasteiger partial charge is 0.351 e. The van der Waals surface area contributed by atoms with E-state index in [2.05, 4.69) is 29.3 Å². The number of likely N-dealkylation sites (tertiary alicyclic amines) is 1. The third-order valence-corrected chi connectivity index (χ3v) is 6.90. The Labute approximate surface area is 188 Å². The van der Waals surface area contributed by atoms with E-state index in [1.807, 2.05) is 30.3 Å². The fraction of sp³-hybridized carbons (Fsp3) is 0.435. The maximum atomic E-state index is 12.4. The quantitative estimate of drug-likeness (QED) is 0.508. The second-order valence-corrected chi connectivity index (χ2v) is 9.61. The Balaban J connectivity index is 1.39. The van der Waals surface area contributed by atoms with Crippen LogP contribution in [0.1, 0.15) is 41.3 Å². The first-order chi connectivity index (χ1) is 14.0. The van der Waals surface area contributed by atoms with Gasteiger partial charge < -0.3 is 5.32 Å². The molecule has 0 unspecified atom stereocenters. The second kappa shape index (κ2) is 11.3. The van der Waals surface area contributed by atoms with Crippen molar-refractivity contribution < 1.29 is 4.79 Å². The highest BCUT2D eigenvalue weighted by Gasteiger charge is 2.16. The average molecular weight is 451 g/mol. The van der Waals surface area contributed by atoms with Crippen molar-refractivity contribution in [2.24, 2.45) is 5.92 Å². The molecule has 1 aliphatic rings. The molecule has 0 saturated carbocycles. The lowest BCUT2D eigenvalue weighted by Gasteiger charge is -2.30. The molecule has 0 aliphatic carbocycles. The Kier molecular flexibility index (Phi) is 8.73. The molecule has 0 spiro atoms. The summed E-state index contributed by atoms with van der Waals surface area (Å²) in [5.41, 5.74) is 2.92. The van der Waals surface area contributed by atoms with Crippen LogP contribution in [0.25, 0.3) is 0 Å². The lowest BCUT2D eigenvalue weighted by Crippen LogP contribution is -2.33. The molecule has 1 fully saturated rings. The minimum atomic E-state index is -0.0282. The predicted molar refractivity (Wildman–Crippen MR) is 125 cm³/mol. The van der Waals surface area contributed by atoms with Crippen molar-refractivity contribution in [3.05, 3.63) is 69.2 Å². The smallest absolute Gasteiger partial charge is 0.251 e. The molecular weight excluding hydrogens is 423 g/mol. The summed E-state index contributed by atoms with van der Waals surface area (Å²) >= 11 is 14.1. The Hall–Kier alpha value is -1.20. The highest BCUT2D eigenvalue weighted by atomic mass is 35.5. The Bertz CT molecular complexity index is 793. The molecule has 1 aliphatic heterocycles. The van der Waals surface area contributed by atoms with Crippen LogP contribution in [0, 0.1) is 5.92 Å². The Morgan fingerprint density at radius 3 is 2.59 bits per heavy atom. The van der Waals surface area contributed by atoms with E-state index in [1.54, 1.807) is 11.8 Å². The molecule has 1 N–H and O–H groups in total. The zero-order valence-corrected chi connectivity index (χ0v) is 19.1. The summed E-state index contributed by atoms with van der Waals surface area (Å²) in [5, 5.41) is 4.36. The van der Waals surface area contributed by atoms with E-state index in [4.69, 9.17) is 23.2 Å². The van der Waals surface area contributed by atoms with E-state index in [9.17, 15) is 4.79 Å². The van der Waals surface area contributed by atoms with E-state index < -0.39 is 0 Å². The monoisotopic (exact) mass is 450 g/mol. The molecule has 1 amide bonds. The number of rotatable bonds is 8. The summed E-state index contributed by atoms with van der Waals surface area (Å²) in [5.74, 6) is 2.29. The van der Waals surface area contributed by atoms with Gasteiger partial charge in [0.05, 0.1) is 0 Å². The van der Waals surface area contributed by atoms with Crippen LogP contribution in [0.4, 0.5) is 0 Å². The fourth-order valence-electron chi connectivity index (χ4n) is 3.63. The molecule has 3 rings (SSSR count). The molecular formula is C23H28Cl2N2OS. The van der Waals surface area contributed by atoms with Crippen molar-refractivity contribution in [2.75, 3.05) is 25.4 Å². The van der Waals surface area contributed by atoms with Crippen LogP contribution in [-0.2, 0) is 12.3 Å². The van der Waals surface area contributed by atoms with Gasteiger partial charge in [-0.05, 0) is 60.7 Å². The van der Waals surface area contributed by atoms with Crippen LogP contribution < -0.4 is 5.32 Å². The lowest BCUT2D eigenvalue weighted by atomic mass is 9.99. The van der Waals surface area contributed by atoms with E-state index in [-0.39, 0.29) is 5.91 Å². The van der Waals surface area contributed by atoms with Crippen molar-refractivity contribution >= 4 is 40.9 Å². The van der Waals surface area contributed by atoms with E-state index in [0.29, 0.717) is 22.2 Å². The molecule has 2 aromatic rings. The molecule has 1 saturated heterocycles. The first kappa shape index (κ1) is 22.5. The molecule has 0 bridgehead atoms. The summed E-state index contributed by atoms with van der Waals surface area (Å²) in [6.07, 6.45) is 2.61. The summed E-state index contributed by atoms with van der Waals surface area (Å²) < 4.78 is 0. The summed E-state index contributed by atoms with van der Waals surface area (Å²) in [4.78, 5) is 14.9. The minimum absolute atomic E-state index is 0.0282. The van der Waals surface area contributed by atoms with Crippen molar-refractivity contribution in [1.29, 1.82) is 0 Å². The maximum absolute atomic E-state index is 12.4. The first-order valence-corrected chi connectivity index (χ1v) is 12.0. The standard InChI is InChI=1S/C23H28Cl2N2OS/c1-17-4-3-12-27(14-17)15-18-7-9-19(10-8-18)23(28)26-11-13-29-16-20-21(24)5-2-6-22(20)25/h2,5-10,17H,3-4,11-16H2,1H3,(H,26,28)/t17-/m0/s1. The van der Waals surface area contributed by atoms with E-state index in [0.717, 1.165) is 29.5 Å². The molecule has 1 atom stereocenters. The van der Waals surface area contributed by atoms with Gasteiger partial charge in [-0.1, -0.05) is 48.3 Å². The minimum Gasteiger partial charge on any atom is -0.351 e. The number of nitrogens with zero attached hydrogens (tertiary/aromatic N) is 1. The van der Waals surface area contributed by atoms with Gasteiger partial charge in [0.25, 0.3) is 5.91 Å². The molecule has 6 heteroatoms. The van der Waals surface area contributed by atoms with E-state index >= 15 is 0 Å². The zero-order valence-electron chi connectivity index (χ0n) is 16.8. The van der Waals surface area contributed by atoms with Gasteiger partial charge in [0, 0.05) is 46.7 Å². The first-order valence-electron chi connectivity index (χ1n) is 10.1. The predicted octanol–water partition coefficient (Wildman–Crippen LogP) is 5.89. The van der Waals surface area contributed by atoms with Crippen LogP contribution in [0.2, 0.25) is 10.0 Å². The zero-order chi connectivity index (χ0) is 20.6. The lowest BCUT2D eigenvalue weighted by molar-refractivity contribution is 0.0956. The Morgan fingerprint density at radius 1 is 1.17 bits per heavy atom. The molecule has 29 heavy (non-hydrogen) atoms. The summed E-state index contributed by atoms with van der Waals surface area (Å²) in [7, 11) is 0. The second-order valence-electron chi connectivity index (χ2n) is 7.69. The normalized spacial score (nSPS) is 17.3. The van der Waals surface area contributed by atoms with Gasteiger partial charge in [-0.25, -0.2) is 0 Å². The van der Waals surface area contributed by atoms with Gasteiger partial charge in [-0.3, -0.25) is 9.69 Å². The van der Waals surface area contributed by atoms with Crippen molar-refractivity contribution in [3.63, 3.8) is 0 Å². The van der Waals surface area contributed by atoms with Gasteiger partial charge in [0.15, 0.2) is 0 Å². The number of carbonyl (C=O) groups is 1. The van der Waals surface area contributed by atoms with Crippen LogP contribution in [0.5, 0.6) is 0 Å². The average Bonchev–Trinajstić information content (AvgIpc) is 2.70. The fourth-order valence-corrected chi connectivity index (χ4v) is 5.23. The van der Waals surface area contributed by atoms with Crippen LogP contribution in [0.15, 0.2) is 42.5 Å². The molecule has 1 heterocycles. The third-order valence-electron chi connectivity index (χ3n) is 5.20. The van der Waals surface area contributed by atoms with Gasteiger partial charge in [-0.15, -0.1) is 0 Å². The van der Waals surface area contributed by atoms with Crippen LogP contribution in [-0.4, -0.2) is 36.2 Å². The topological polar surface area (TPSA) is 32.3 Å². The highest BCUT2D eigenvalue weighted by Crippen LogP contribution is 2.28. The third kappa shape index (κ3) is 6.92. The van der Waals surface area contributed by atoms with Crippen molar-refractivity contribution in [1.82, 2.24) is 10.2 Å². The van der Waals surface area contributed by atoms with Crippen LogP contribution >= 0.6 is 35.0 Å². The van der Waals surface area contributed by atoms with Crippen LogP contribution in [0.3, 0.4) is 0 Å². The number of piperidine rings is 1. The number of halogens is 2. The van der Waals surface area contributed by atoms with Gasteiger partial charge in [0.2, 0.25) is 0 Å². The molecule has 2 aromatic carbocycles.